The number of aromatic amines is 1. The zero-order chi connectivity index (χ0) is 21.3. The van der Waals surface area contributed by atoms with Crippen LogP contribution in [0.1, 0.15) is 24.3 Å². The number of aromatic nitrogens is 4. The second-order valence-electron chi connectivity index (χ2n) is 7.20. The topological polar surface area (TPSA) is 150 Å². The molecule has 30 heavy (non-hydrogen) atoms. The highest BCUT2D eigenvalue weighted by Crippen LogP contribution is 2.39. The number of hydrogen-bond acceptors (Lipinski definition) is 7. The smallest absolute Gasteiger partial charge is 0.243 e. The summed E-state index contributed by atoms with van der Waals surface area (Å²) in [7, 11) is -4.21. The molecule has 158 valence electrons. The van der Waals surface area contributed by atoms with E-state index in [4.69, 9.17) is 5.14 Å². The molecule has 2 aromatic carbocycles. The Kier molecular flexibility index (Phi) is 5.89. The van der Waals surface area contributed by atoms with Gasteiger partial charge in [-0.1, -0.05) is 24.3 Å². The first kappa shape index (κ1) is 20.9. The summed E-state index contributed by atoms with van der Waals surface area (Å²) in [5, 5.41) is 22.7. The summed E-state index contributed by atoms with van der Waals surface area (Å²) in [6, 6.07) is 11.3. The summed E-state index contributed by atoms with van der Waals surface area (Å²) in [4.78, 5) is -0.142. The molecule has 11 heteroatoms. The minimum atomic E-state index is -4.21. The second-order valence-corrected chi connectivity index (χ2v) is 10.0. The Hall–Kier alpha value is -2.31. The van der Waals surface area contributed by atoms with Crippen LogP contribution in [-0.4, -0.2) is 52.9 Å². The summed E-state index contributed by atoms with van der Waals surface area (Å²) in [5.41, 5.74) is 2.80. The number of nitrogens with zero attached hydrogens (tertiary/aromatic N) is 3. The molecular weight excluding hydrogens is 424 g/mol. The van der Waals surface area contributed by atoms with Crippen LogP contribution in [0, 0.1) is 0 Å². The number of sulfonamides is 1. The Morgan fingerprint density at radius 3 is 2.40 bits per heavy atom. The van der Waals surface area contributed by atoms with Crippen LogP contribution >= 0.6 is 0 Å². The zero-order valence-corrected chi connectivity index (χ0v) is 18.0. The normalized spacial score (nSPS) is 16.5. The van der Waals surface area contributed by atoms with Crippen LogP contribution in [0.4, 0.5) is 0 Å². The van der Waals surface area contributed by atoms with Gasteiger partial charge in [0.1, 0.15) is 11.2 Å². The maximum Gasteiger partial charge on any atom is 0.243 e. The van der Waals surface area contributed by atoms with Crippen LogP contribution in [-0.2, 0) is 21.2 Å². The number of benzene rings is 2. The Morgan fingerprint density at radius 1 is 1.13 bits per heavy atom. The number of rotatable bonds is 5. The predicted molar refractivity (Wildman–Crippen MR) is 114 cm³/mol. The Morgan fingerprint density at radius 2 is 1.83 bits per heavy atom. The summed E-state index contributed by atoms with van der Waals surface area (Å²) in [6.45, 7) is 2.00. The van der Waals surface area contributed by atoms with E-state index >= 15 is 0 Å². The number of piperidine rings is 1. The third kappa shape index (κ3) is 4.12. The molecule has 4 N–H and O–H groups in total. The molecule has 0 amide bonds. The SMILES string of the molecule is C[S+]([O-])c1ccc(-c2ccc(C3CCNCC3)cc2)c(-c2nn[nH]n2)c1S(N)(=O)=O. The first-order valence-electron chi connectivity index (χ1n) is 9.44. The lowest BCUT2D eigenvalue weighted by Crippen LogP contribution is -2.26. The molecule has 1 fully saturated rings. The van der Waals surface area contributed by atoms with Gasteiger partial charge in [0, 0.05) is 0 Å². The van der Waals surface area contributed by atoms with E-state index in [1.807, 2.05) is 12.1 Å². The molecule has 1 atom stereocenters. The maximum absolute atomic E-state index is 12.5. The lowest BCUT2D eigenvalue weighted by molar-refractivity contribution is 0.460. The number of nitrogens with two attached hydrogens (primary N) is 1. The number of nitrogens with one attached hydrogen (secondary N) is 2. The fourth-order valence-corrected chi connectivity index (χ4v) is 6.05. The number of H-pyrrole nitrogens is 1. The van der Waals surface area contributed by atoms with Gasteiger partial charge < -0.3 is 9.87 Å². The standard InChI is InChI=1S/C19H22N6O3S2/c1-29(26)16-7-6-15(17(18(16)30(20,27)28)19-22-24-25-23-19)14-4-2-12(3-5-14)13-8-10-21-11-9-13/h2-7,13,21H,8-11H2,1H3,(H2,20,27,28)(H,22,23,24,25). The van der Waals surface area contributed by atoms with Crippen LogP contribution in [0.15, 0.2) is 46.2 Å². The second kappa shape index (κ2) is 8.44. The molecule has 9 nitrogen and oxygen atoms in total. The monoisotopic (exact) mass is 446 g/mol. The molecule has 2 heterocycles. The van der Waals surface area contributed by atoms with E-state index in [2.05, 4.69) is 38.1 Å². The van der Waals surface area contributed by atoms with Crippen molar-refractivity contribution >= 4 is 21.2 Å². The fourth-order valence-electron chi connectivity index (χ4n) is 3.89. The number of primary sulfonamides is 1. The van der Waals surface area contributed by atoms with Gasteiger partial charge >= 0.3 is 0 Å². The van der Waals surface area contributed by atoms with Crippen molar-refractivity contribution in [3.8, 4) is 22.5 Å². The predicted octanol–water partition coefficient (Wildman–Crippen LogP) is 1.39. The van der Waals surface area contributed by atoms with Crippen LogP contribution in [0.3, 0.4) is 0 Å². The van der Waals surface area contributed by atoms with Gasteiger partial charge in [-0.05, 0) is 77.1 Å². The van der Waals surface area contributed by atoms with Crippen molar-refractivity contribution in [2.45, 2.75) is 28.6 Å². The molecule has 0 spiro atoms. The van der Waals surface area contributed by atoms with E-state index in [1.54, 1.807) is 6.07 Å². The zero-order valence-electron chi connectivity index (χ0n) is 16.3. The molecule has 1 aliphatic heterocycles. The van der Waals surface area contributed by atoms with E-state index in [0.29, 0.717) is 11.5 Å². The highest BCUT2D eigenvalue weighted by atomic mass is 32.2. The van der Waals surface area contributed by atoms with Gasteiger partial charge in [0.2, 0.25) is 15.8 Å². The van der Waals surface area contributed by atoms with Gasteiger partial charge in [0.25, 0.3) is 0 Å². The third-order valence-electron chi connectivity index (χ3n) is 5.32. The molecule has 0 saturated carbocycles. The molecule has 0 aliphatic carbocycles. The van der Waals surface area contributed by atoms with Crippen molar-refractivity contribution in [3.63, 3.8) is 0 Å². The Labute approximate surface area is 177 Å². The molecular formula is C19H22N6O3S2. The van der Waals surface area contributed by atoms with Crippen molar-refractivity contribution in [3.05, 3.63) is 42.0 Å². The molecule has 0 bridgehead atoms. The van der Waals surface area contributed by atoms with Gasteiger partial charge in [-0.25, -0.2) is 13.6 Å². The van der Waals surface area contributed by atoms with E-state index in [9.17, 15) is 13.0 Å². The van der Waals surface area contributed by atoms with Crippen molar-refractivity contribution in [1.29, 1.82) is 0 Å². The van der Waals surface area contributed by atoms with Crippen LogP contribution in [0.2, 0.25) is 0 Å². The largest absolute Gasteiger partial charge is 0.612 e. The maximum atomic E-state index is 12.5. The van der Waals surface area contributed by atoms with Gasteiger partial charge in [0.15, 0.2) is 4.90 Å². The van der Waals surface area contributed by atoms with E-state index in [1.165, 1.54) is 17.9 Å². The average Bonchev–Trinajstić information content (AvgIpc) is 3.27. The summed E-state index contributed by atoms with van der Waals surface area (Å²) >= 11 is -1.58. The Balaban J connectivity index is 1.88. The quantitative estimate of drug-likeness (QED) is 0.501. The van der Waals surface area contributed by atoms with E-state index in [0.717, 1.165) is 31.5 Å². The minimum absolute atomic E-state index is 0.0729. The van der Waals surface area contributed by atoms with Crippen LogP contribution in [0.25, 0.3) is 22.5 Å². The minimum Gasteiger partial charge on any atom is -0.612 e. The molecule has 4 rings (SSSR count). The lowest BCUT2D eigenvalue weighted by atomic mass is 9.89. The van der Waals surface area contributed by atoms with Crippen molar-refractivity contribution in [1.82, 2.24) is 25.9 Å². The molecule has 1 unspecified atom stereocenters. The van der Waals surface area contributed by atoms with Gasteiger partial charge in [-0.15, -0.1) is 10.2 Å². The highest BCUT2D eigenvalue weighted by molar-refractivity contribution is 7.93. The molecule has 1 saturated heterocycles. The van der Waals surface area contributed by atoms with Crippen LogP contribution in [0.5, 0.6) is 0 Å². The molecule has 1 aromatic heterocycles. The first-order valence-corrected chi connectivity index (χ1v) is 12.5. The molecule has 3 aromatic rings. The third-order valence-corrected chi connectivity index (χ3v) is 7.40. The van der Waals surface area contributed by atoms with E-state index in [-0.39, 0.29) is 21.2 Å². The molecule has 1 aliphatic rings. The summed E-state index contributed by atoms with van der Waals surface area (Å²) in [6.07, 6.45) is 3.57. The summed E-state index contributed by atoms with van der Waals surface area (Å²) in [5.74, 6) is 0.575. The van der Waals surface area contributed by atoms with Gasteiger partial charge in [-0.2, -0.15) is 5.21 Å². The number of tetrazole rings is 1. The van der Waals surface area contributed by atoms with Gasteiger partial charge in [-0.3, -0.25) is 0 Å². The van der Waals surface area contributed by atoms with Crippen molar-refractivity contribution in [2.75, 3.05) is 19.3 Å². The summed E-state index contributed by atoms with van der Waals surface area (Å²) < 4.78 is 37.2. The average molecular weight is 447 g/mol. The van der Waals surface area contributed by atoms with Crippen LogP contribution < -0.4 is 10.5 Å². The fraction of sp³-hybridized carbons (Fsp3) is 0.316. The lowest BCUT2D eigenvalue weighted by Gasteiger charge is -2.23. The van der Waals surface area contributed by atoms with Crippen molar-refractivity contribution < 1.29 is 13.0 Å². The van der Waals surface area contributed by atoms with E-state index < -0.39 is 21.2 Å². The van der Waals surface area contributed by atoms with Gasteiger partial charge in [0.05, 0.1) is 5.56 Å². The Bertz CT molecular complexity index is 1130. The van der Waals surface area contributed by atoms with Crippen molar-refractivity contribution in [2.24, 2.45) is 5.14 Å². The molecule has 0 radical (unpaired) electrons. The number of hydrogen-bond donors (Lipinski definition) is 3. The first-order chi connectivity index (χ1) is 14.4. The highest BCUT2D eigenvalue weighted by Gasteiger charge is 2.30.